The molecule has 1 aromatic heterocycles. The Morgan fingerprint density at radius 1 is 1.39 bits per heavy atom. The third kappa shape index (κ3) is 2.35. The fraction of sp³-hybridized carbons (Fsp3) is 0.0769. The summed E-state index contributed by atoms with van der Waals surface area (Å²) >= 11 is 4.47. The van der Waals surface area contributed by atoms with Crippen molar-refractivity contribution in [3.05, 3.63) is 56.4 Å². The standard InChI is InChI=1S/C13H7BrFNOS/c14-10-5-6-18-13(10)12(17)9(7-16)8-3-1-2-4-11(8)15/h1-6,9H. The first-order valence-electron chi connectivity index (χ1n) is 5.06. The maximum atomic E-state index is 13.6. The van der Waals surface area contributed by atoms with Gasteiger partial charge in [-0.3, -0.25) is 4.79 Å². The van der Waals surface area contributed by atoms with E-state index < -0.39 is 11.7 Å². The third-order valence-corrected chi connectivity index (χ3v) is 4.30. The van der Waals surface area contributed by atoms with E-state index >= 15 is 0 Å². The van der Waals surface area contributed by atoms with Crippen LogP contribution >= 0.6 is 27.3 Å². The zero-order chi connectivity index (χ0) is 13.1. The van der Waals surface area contributed by atoms with Gasteiger partial charge in [-0.2, -0.15) is 5.26 Å². The van der Waals surface area contributed by atoms with Crippen LogP contribution in [0.25, 0.3) is 0 Å². The number of ketones is 1. The first kappa shape index (κ1) is 12.9. The summed E-state index contributed by atoms with van der Waals surface area (Å²) in [6.45, 7) is 0. The lowest BCUT2D eigenvalue weighted by Crippen LogP contribution is -2.11. The molecule has 0 N–H and O–H groups in total. The van der Waals surface area contributed by atoms with Gasteiger partial charge in [-0.25, -0.2) is 4.39 Å². The molecule has 2 aromatic rings. The second-order valence-corrected chi connectivity index (χ2v) is 5.32. The van der Waals surface area contributed by atoms with E-state index in [4.69, 9.17) is 5.26 Å². The van der Waals surface area contributed by atoms with E-state index in [9.17, 15) is 9.18 Å². The molecule has 18 heavy (non-hydrogen) atoms. The molecule has 0 radical (unpaired) electrons. The topological polar surface area (TPSA) is 40.9 Å². The van der Waals surface area contributed by atoms with Crippen molar-refractivity contribution in [3.8, 4) is 6.07 Å². The van der Waals surface area contributed by atoms with Crippen LogP contribution < -0.4 is 0 Å². The Labute approximate surface area is 116 Å². The number of Topliss-reactive ketones (excluding diaryl/α,β-unsaturated/α-hetero) is 1. The van der Waals surface area contributed by atoms with Crippen LogP contribution in [0.15, 0.2) is 40.2 Å². The molecule has 0 saturated heterocycles. The van der Waals surface area contributed by atoms with Crippen molar-refractivity contribution in [1.82, 2.24) is 0 Å². The van der Waals surface area contributed by atoms with E-state index in [1.165, 1.54) is 29.5 Å². The van der Waals surface area contributed by atoms with Gasteiger partial charge in [-0.05, 0) is 33.4 Å². The van der Waals surface area contributed by atoms with Gasteiger partial charge in [0.05, 0.1) is 10.9 Å². The molecule has 0 aliphatic carbocycles. The molecule has 1 atom stereocenters. The molecule has 90 valence electrons. The van der Waals surface area contributed by atoms with Gasteiger partial charge in [0.15, 0.2) is 5.78 Å². The minimum Gasteiger partial charge on any atom is -0.291 e. The van der Waals surface area contributed by atoms with Gasteiger partial charge < -0.3 is 0 Å². The third-order valence-electron chi connectivity index (χ3n) is 2.45. The van der Waals surface area contributed by atoms with Crippen LogP contribution in [0.5, 0.6) is 0 Å². The first-order valence-corrected chi connectivity index (χ1v) is 6.73. The fourth-order valence-electron chi connectivity index (χ4n) is 1.58. The summed E-state index contributed by atoms with van der Waals surface area (Å²) in [5.74, 6) is -2.03. The highest BCUT2D eigenvalue weighted by atomic mass is 79.9. The molecule has 1 aromatic carbocycles. The van der Waals surface area contributed by atoms with Crippen molar-refractivity contribution in [3.63, 3.8) is 0 Å². The minimum absolute atomic E-state index is 0.116. The SMILES string of the molecule is N#CC(C(=O)c1sccc1Br)c1ccccc1F. The number of benzene rings is 1. The van der Waals surface area contributed by atoms with E-state index in [2.05, 4.69) is 15.9 Å². The summed E-state index contributed by atoms with van der Waals surface area (Å²) < 4.78 is 14.3. The molecule has 1 heterocycles. The van der Waals surface area contributed by atoms with Crippen molar-refractivity contribution >= 4 is 33.0 Å². The van der Waals surface area contributed by atoms with Crippen LogP contribution in [0.4, 0.5) is 4.39 Å². The molecule has 0 spiro atoms. The van der Waals surface area contributed by atoms with E-state index in [1.54, 1.807) is 17.5 Å². The van der Waals surface area contributed by atoms with Crippen LogP contribution in [0, 0.1) is 17.1 Å². The van der Waals surface area contributed by atoms with Crippen molar-refractivity contribution in [2.24, 2.45) is 0 Å². The predicted molar refractivity (Wildman–Crippen MR) is 71.1 cm³/mol. The molecule has 2 nitrogen and oxygen atoms in total. The van der Waals surface area contributed by atoms with Gasteiger partial charge >= 0.3 is 0 Å². The fourth-order valence-corrected chi connectivity index (χ4v) is 3.12. The molecule has 2 rings (SSSR count). The molecule has 0 aliphatic heterocycles. The summed E-state index contributed by atoms with van der Waals surface area (Å²) in [4.78, 5) is 12.6. The van der Waals surface area contributed by atoms with E-state index in [-0.39, 0.29) is 11.3 Å². The van der Waals surface area contributed by atoms with Gasteiger partial charge in [0.2, 0.25) is 0 Å². The molecule has 0 aliphatic rings. The van der Waals surface area contributed by atoms with E-state index in [1.807, 2.05) is 6.07 Å². The quantitative estimate of drug-likeness (QED) is 0.796. The predicted octanol–water partition coefficient (Wildman–Crippen LogP) is 4.14. The van der Waals surface area contributed by atoms with Crippen molar-refractivity contribution < 1.29 is 9.18 Å². The van der Waals surface area contributed by atoms with Crippen LogP contribution in [0.3, 0.4) is 0 Å². The Hall–Kier alpha value is -1.51. The summed E-state index contributed by atoms with van der Waals surface area (Å²) in [6.07, 6.45) is 0. The van der Waals surface area contributed by atoms with Gasteiger partial charge in [0.1, 0.15) is 11.7 Å². The Bertz CT molecular complexity index is 632. The van der Waals surface area contributed by atoms with Crippen LogP contribution in [-0.4, -0.2) is 5.78 Å². The van der Waals surface area contributed by atoms with Crippen molar-refractivity contribution in [2.75, 3.05) is 0 Å². The number of halogens is 2. The average molecular weight is 324 g/mol. The van der Waals surface area contributed by atoms with Crippen molar-refractivity contribution in [1.29, 1.82) is 5.26 Å². The summed E-state index contributed by atoms with van der Waals surface area (Å²) in [6, 6.07) is 9.45. The Morgan fingerprint density at radius 3 is 2.67 bits per heavy atom. The Morgan fingerprint density at radius 2 is 2.11 bits per heavy atom. The largest absolute Gasteiger partial charge is 0.291 e. The van der Waals surface area contributed by atoms with E-state index in [0.29, 0.717) is 9.35 Å². The molecule has 0 amide bonds. The zero-order valence-corrected chi connectivity index (χ0v) is 11.5. The van der Waals surface area contributed by atoms with E-state index in [0.717, 1.165) is 0 Å². The highest BCUT2D eigenvalue weighted by molar-refractivity contribution is 9.10. The average Bonchev–Trinajstić information content (AvgIpc) is 2.78. The van der Waals surface area contributed by atoms with Crippen LogP contribution in [0.2, 0.25) is 0 Å². The first-order chi connectivity index (χ1) is 8.65. The molecule has 0 bridgehead atoms. The Kier molecular flexibility index (Phi) is 3.90. The van der Waals surface area contributed by atoms with Crippen molar-refractivity contribution in [2.45, 2.75) is 5.92 Å². The molecular weight excluding hydrogens is 317 g/mol. The number of nitriles is 1. The maximum Gasteiger partial charge on any atom is 0.195 e. The molecule has 0 fully saturated rings. The molecular formula is C13H7BrFNOS. The normalized spacial score (nSPS) is 11.8. The number of nitrogens with zero attached hydrogens (tertiary/aromatic N) is 1. The number of rotatable bonds is 3. The smallest absolute Gasteiger partial charge is 0.195 e. The number of hydrogen-bond donors (Lipinski definition) is 0. The lowest BCUT2D eigenvalue weighted by atomic mass is 9.95. The highest BCUT2D eigenvalue weighted by Crippen LogP contribution is 2.30. The summed E-state index contributed by atoms with van der Waals surface area (Å²) in [5, 5.41) is 10.9. The molecule has 0 saturated carbocycles. The summed E-state index contributed by atoms with van der Waals surface area (Å²) in [7, 11) is 0. The summed E-state index contributed by atoms with van der Waals surface area (Å²) in [5.41, 5.74) is 0.116. The van der Waals surface area contributed by atoms with Crippen LogP contribution in [-0.2, 0) is 0 Å². The molecule has 5 heteroatoms. The number of carbonyl (C=O) groups is 1. The van der Waals surface area contributed by atoms with Gasteiger partial charge in [0.25, 0.3) is 0 Å². The maximum absolute atomic E-state index is 13.6. The monoisotopic (exact) mass is 323 g/mol. The highest BCUT2D eigenvalue weighted by Gasteiger charge is 2.26. The van der Waals surface area contributed by atoms with Crippen LogP contribution in [0.1, 0.15) is 21.2 Å². The molecule has 1 unspecified atom stereocenters. The number of carbonyl (C=O) groups excluding carboxylic acids is 1. The number of thiophene rings is 1. The van der Waals surface area contributed by atoms with Gasteiger partial charge in [-0.15, -0.1) is 11.3 Å². The zero-order valence-electron chi connectivity index (χ0n) is 9.06. The minimum atomic E-state index is -1.11. The second-order valence-electron chi connectivity index (χ2n) is 3.55. The second kappa shape index (κ2) is 5.42. The van der Waals surface area contributed by atoms with Gasteiger partial charge in [-0.1, -0.05) is 18.2 Å². The lowest BCUT2D eigenvalue weighted by Gasteiger charge is -2.08. The van der Waals surface area contributed by atoms with Gasteiger partial charge in [0, 0.05) is 10.0 Å². The Balaban J connectivity index is 2.43. The lowest BCUT2D eigenvalue weighted by molar-refractivity contribution is 0.0980. The number of hydrogen-bond acceptors (Lipinski definition) is 3.